The number of rotatable bonds is 7. The number of benzene rings is 1. The quantitative estimate of drug-likeness (QED) is 0.516. The van der Waals surface area contributed by atoms with Crippen molar-refractivity contribution < 1.29 is 14.3 Å². The molecular formula is C15H17N5O3S. The molecule has 1 N–H and O–H groups in total. The molecule has 0 amide bonds. The molecule has 8 nitrogen and oxygen atoms in total. The average molecular weight is 347 g/mol. The summed E-state index contributed by atoms with van der Waals surface area (Å²) in [7, 11) is 1.63. The summed E-state index contributed by atoms with van der Waals surface area (Å²) in [5, 5.41) is 8.76. The predicted octanol–water partition coefficient (Wildman–Crippen LogP) is 2.02. The second-order valence-electron chi connectivity index (χ2n) is 4.93. The lowest BCUT2D eigenvalue weighted by Gasteiger charge is -1.99. The van der Waals surface area contributed by atoms with Crippen molar-refractivity contribution in [2.24, 2.45) is 0 Å². The maximum Gasteiger partial charge on any atom is 0.327 e. The van der Waals surface area contributed by atoms with E-state index in [9.17, 15) is 4.79 Å². The van der Waals surface area contributed by atoms with Gasteiger partial charge in [-0.15, -0.1) is 5.10 Å². The highest BCUT2D eigenvalue weighted by Crippen LogP contribution is 2.24. The van der Waals surface area contributed by atoms with Crippen molar-refractivity contribution in [1.82, 2.24) is 25.0 Å². The van der Waals surface area contributed by atoms with E-state index >= 15 is 0 Å². The number of ether oxygens (including phenoxy) is 2. The molecule has 0 aliphatic carbocycles. The first kappa shape index (κ1) is 16.3. The fourth-order valence-electron chi connectivity index (χ4n) is 2.12. The van der Waals surface area contributed by atoms with E-state index in [0.29, 0.717) is 12.4 Å². The minimum Gasteiger partial charge on any atom is -0.497 e. The standard InChI is InChI=1S/C15H17N5O3S/c1-3-23-14(21)8-20-7-10(18-19-20)9-24-15-16-12-5-4-11(22-2)6-13(12)17-15/h4-7H,3,8-9H2,1-2H3,(H,16,17). The lowest BCUT2D eigenvalue weighted by atomic mass is 10.3. The normalized spacial score (nSPS) is 10.9. The largest absolute Gasteiger partial charge is 0.497 e. The lowest BCUT2D eigenvalue weighted by Crippen LogP contribution is -2.13. The fraction of sp³-hybridized carbons (Fsp3) is 0.333. The SMILES string of the molecule is CCOC(=O)Cn1cc(CSc2nc3ccc(OC)cc3[nH]2)nn1. The van der Waals surface area contributed by atoms with E-state index < -0.39 is 0 Å². The molecule has 24 heavy (non-hydrogen) atoms. The highest BCUT2D eigenvalue weighted by molar-refractivity contribution is 7.98. The molecule has 9 heteroatoms. The summed E-state index contributed by atoms with van der Waals surface area (Å²) in [4.78, 5) is 19.2. The number of carbonyl (C=O) groups excluding carboxylic acids is 1. The Balaban J connectivity index is 1.61. The third kappa shape index (κ3) is 3.85. The van der Waals surface area contributed by atoms with Crippen molar-refractivity contribution in [3.8, 4) is 5.75 Å². The Morgan fingerprint density at radius 2 is 2.29 bits per heavy atom. The van der Waals surface area contributed by atoms with Gasteiger partial charge < -0.3 is 14.5 Å². The molecule has 0 saturated carbocycles. The monoisotopic (exact) mass is 347 g/mol. The molecule has 2 aromatic heterocycles. The number of nitrogens with zero attached hydrogens (tertiary/aromatic N) is 4. The van der Waals surface area contributed by atoms with Crippen LogP contribution in [0.3, 0.4) is 0 Å². The Hall–Kier alpha value is -2.55. The summed E-state index contributed by atoms with van der Waals surface area (Å²) in [5.41, 5.74) is 2.56. The van der Waals surface area contributed by atoms with Gasteiger partial charge in [0.05, 0.1) is 30.4 Å². The number of imidazole rings is 1. The average Bonchev–Trinajstić information content (AvgIpc) is 3.18. The molecule has 2 heterocycles. The van der Waals surface area contributed by atoms with Crippen LogP contribution in [0.25, 0.3) is 11.0 Å². The van der Waals surface area contributed by atoms with Crippen LogP contribution in [0.2, 0.25) is 0 Å². The van der Waals surface area contributed by atoms with Gasteiger partial charge in [-0.2, -0.15) is 0 Å². The van der Waals surface area contributed by atoms with Crippen LogP contribution < -0.4 is 4.74 Å². The van der Waals surface area contributed by atoms with Crippen molar-refractivity contribution in [1.29, 1.82) is 0 Å². The van der Waals surface area contributed by atoms with Crippen LogP contribution in [-0.2, 0) is 21.8 Å². The molecular weight excluding hydrogens is 330 g/mol. The maximum atomic E-state index is 11.4. The molecule has 0 saturated heterocycles. The summed E-state index contributed by atoms with van der Waals surface area (Å²) in [6.45, 7) is 2.19. The number of thioether (sulfide) groups is 1. The molecule has 0 radical (unpaired) electrons. The molecule has 0 unspecified atom stereocenters. The highest BCUT2D eigenvalue weighted by Gasteiger charge is 2.09. The number of H-pyrrole nitrogens is 1. The molecule has 0 fully saturated rings. The van der Waals surface area contributed by atoms with Crippen molar-refractivity contribution >= 4 is 28.8 Å². The number of methoxy groups -OCH3 is 1. The van der Waals surface area contributed by atoms with E-state index in [-0.39, 0.29) is 12.5 Å². The number of esters is 1. The minimum absolute atomic E-state index is 0.0654. The molecule has 0 bridgehead atoms. The van der Waals surface area contributed by atoms with Crippen LogP contribution in [0.15, 0.2) is 29.6 Å². The van der Waals surface area contributed by atoms with Crippen LogP contribution in [-0.4, -0.2) is 44.6 Å². The van der Waals surface area contributed by atoms with Gasteiger partial charge in [0.25, 0.3) is 0 Å². The zero-order valence-corrected chi connectivity index (χ0v) is 14.2. The summed E-state index contributed by atoms with van der Waals surface area (Å²) in [6.07, 6.45) is 1.73. The Labute approximate surface area is 142 Å². The van der Waals surface area contributed by atoms with Crippen LogP contribution in [0.5, 0.6) is 5.75 Å². The van der Waals surface area contributed by atoms with Crippen molar-refractivity contribution in [3.63, 3.8) is 0 Å². The topological polar surface area (TPSA) is 94.9 Å². The molecule has 0 aliphatic rings. The van der Waals surface area contributed by atoms with Gasteiger partial charge in [0, 0.05) is 18.0 Å². The summed E-state index contributed by atoms with van der Waals surface area (Å²) in [5.74, 6) is 1.05. The molecule has 0 atom stereocenters. The Morgan fingerprint density at radius 1 is 1.42 bits per heavy atom. The predicted molar refractivity (Wildman–Crippen MR) is 88.9 cm³/mol. The smallest absolute Gasteiger partial charge is 0.327 e. The highest BCUT2D eigenvalue weighted by atomic mass is 32.2. The number of carbonyl (C=O) groups is 1. The van der Waals surface area contributed by atoms with E-state index in [4.69, 9.17) is 9.47 Å². The first-order chi connectivity index (χ1) is 11.7. The first-order valence-electron chi connectivity index (χ1n) is 7.39. The number of hydrogen-bond acceptors (Lipinski definition) is 7. The van der Waals surface area contributed by atoms with Crippen molar-refractivity contribution in [2.45, 2.75) is 24.4 Å². The Kier molecular flexibility index (Phi) is 4.99. The molecule has 126 valence electrons. The molecule has 3 rings (SSSR count). The van der Waals surface area contributed by atoms with E-state index in [1.807, 2.05) is 18.2 Å². The zero-order valence-electron chi connectivity index (χ0n) is 13.4. The van der Waals surface area contributed by atoms with Gasteiger partial charge in [0.15, 0.2) is 5.16 Å². The number of aromatic nitrogens is 5. The number of nitrogens with one attached hydrogen (secondary N) is 1. The third-order valence-corrected chi connectivity index (χ3v) is 4.11. The maximum absolute atomic E-state index is 11.4. The summed E-state index contributed by atoms with van der Waals surface area (Å²) >= 11 is 1.52. The molecule has 3 aromatic rings. The van der Waals surface area contributed by atoms with Crippen LogP contribution in [0, 0.1) is 0 Å². The van der Waals surface area contributed by atoms with Gasteiger partial charge in [0.2, 0.25) is 0 Å². The molecule has 0 aliphatic heterocycles. The summed E-state index contributed by atoms with van der Waals surface area (Å²) < 4.78 is 11.5. The van der Waals surface area contributed by atoms with Crippen LogP contribution in [0.4, 0.5) is 0 Å². The van der Waals surface area contributed by atoms with Gasteiger partial charge in [-0.3, -0.25) is 4.79 Å². The van der Waals surface area contributed by atoms with E-state index in [1.165, 1.54) is 16.4 Å². The minimum atomic E-state index is -0.326. The van der Waals surface area contributed by atoms with Gasteiger partial charge in [-0.1, -0.05) is 17.0 Å². The second-order valence-corrected chi connectivity index (χ2v) is 5.89. The fourth-order valence-corrected chi connectivity index (χ4v) is 2.89. The summed E-state index contributed by atoms with van der Waals surface area (Å²) in [6, 6.07) is 5.69. The Morgan fingerprint density at radius 3 is 3.08 bits per heavy atom. The number of hydrogen-bond donors (Lipinski definition) is 1. The molecule has 0 spiro atoms. The van der Waals surface area contributed by atoms with Gasteiger partial charge >= 0.3 is 5.97 Å². The van der Waals surface area contributed by atoms with Crippen LogP contribution in [0.1, 0.15) is 12.6 Å². The third-order valence-electron chi connectivity index (χ3n) is 3.21. The van der Waals surface area contributed by atoms with Crippen molar-refractivity contribution in [2.75, 3.05) is 13.7 Å². The van der Waals surface area contributed by atoms with Gasteiger partial charge in [-0.25, -0.2) is 9.67 Å². The van der Waals surface area contributed by atoms with Crippen LogP contribution >= 0.6 is 11.8 Å². The van der Waals surface area contributed by atoms with Gasteiger partial charge in [-0.05, 0) is 19.1 Å². The van der Waals surface area contributed by atoms with E-state index in [2.05, 4.69) is 20.3 Å². The van der Waals surface area contributed by atoms with E-state index in [0.717, 1.165) is 27.6 Å². The second kappa shape index (κ2) is 7.35. The number of aromatic amines is 1. The zero-order chi connectivity index (χ0) is 16.9. The molecule has 1 aromatic carbocycles. The lowest BCUT2D eigenvalue weighted by molar-refractivity contribution is -0.144. The first-order valence-corrected chi connectivity index (χ1v) is 8.37. The van der Waals surface area contributed by atoms with E-state index in [1.54, 1.807) is 20.2 Å². The van der Waals surface area contributed by atoms with Crippen molar-refractivity contribution in [3.05, 3.63) is 30.1 Å². The number of fused-ring (bicyclic) bond motifs is 1. The Bertz CT molecular complexity index is 845. The van der Waals surface area contributed by atoms with Gasteiger partial charge in [0.1, 0.15) is 12.3 Å².